The third-order valence-corrected chi connectivity index (χ3v) is 0.498. The summed E-state index contributed by atoms with van der Waals surface area (Å²) in [6, 6.07) is 0. The van der Waals surface area contributed by atoms with Crippen molar-refractivity contribution in [2.75, 3.05) is 0 Å². The predicted octanol–water partition coefficient (Wildman–Crippen LogP) is 0.800. The molecule has 0 atom stereocenters. The topological polar surface area (TPSA) is 34.1 Å². The van der Waals surface area contributed by atoms with Crippen molar-refractivity contribution in [3.63, 3.8) is 0 Å². The van der Waals surface area contributed by atoms with Crippen LogP contribution in [0.4, 0.5) is 0 Å². The smallest absolute Gasteiger partial charge is 0.129 e. The average Bonchev–Trinajstić information content (AvgIpc) is 1.73. The number of ketones is 1. The summed E-state index contributed by atoms with van der Waals surface area (Å²) in [5.41, 5.74) is 0. The van der Waals surface area contributed by atoms with E-state index in [1.165, 1.54) is 0 Å². The molecule has 0 fully saturated rings. The van der Waals surface area contributed by atoms with Crippen LogP contribution in [0.15, 0.2) is 0 Å². The third kappa shape index (κ3) is 33.2. The maximum Gasteiger partial charge on any atom is 0.129 e. The van der Waals surface area contributed by atoms with Crippen LogP contribution < -0.4 is 0 Å². The highest BCUT2D eigenvalue weighted by Gasteiger charge is 1.76. The Morgan fingerprint density at radius 3 is 1.71 bits per heavy atom. The zero-order valence-electron chi connectivity index (χ0n) is 4.73. The molecule has 0 amide bonds. The van der Waals surface area contributed by atoms with Crippen LogP contribution in [0.3, 0.4) is 0 Å². The molecular formula is C5H10O2. The molecule has 0 heterocycles. The lowest BCUT2D eigenvalue weighted by molar-refractivity contribution is -0.116. The first-order valence-electron chi connectivity index (χ1n) is 2.05. The molecule has 0 radical (unpaired) electrons. The molecule has 0 unspecified atom stereocenters. The highest BCUT2D eigenvalue weighted by molar-refractivity contribution is 5.74. The van der Waals surface area contributed by atoms with Crippen molar-refractivity contribution >= 4 is 12.6 Å². The molecular weight excluding hydrogens is 92.1 g/mol. The zero-order chi connectivity index (χ0) is 6.28. The van der Waals surface area contributed by atoms with Crippen molar-refractivity contribution in [2.45, 2.75) is 20.3 Å². The molecule has 0 saturated heterocycles. The molecule has 0 aromatic rings. The fraction of sp³-hybridized carbons (Fsp3) is 0.600. The minimum absolute atomic E-state index is 0.255. The molecule has 2 heteroatoms. The van der Waals surface area contributed by atoms with E-state index < -0.39 is 0 Å². The van der Waals surface area contributed by atoms with Crippen LogP contribution in [0.2, 0.25) is 0 Å². The second kappa shape index (κ2) is 9.02. The molecule has 0 aliphatic heterocycles. The third-order valence-electron chi connectivity index (χ3n) is 0.498. The Labute approximate surface area is 43.5 Å². The summed E-state index contributed by atoms with van der Waals surface area (Å²) in [6.45, 7) is 5.43. The number of hydrogen-bond acceptors (Lipinski definition) is 2. The number of carbonyl (C=O) groups is 2. The number of rotatable bonds is 1. The van der Waals surface area contributed by atoms with Crippen molar-refractivity contribution in [2.24, 2.45) is 0 Å². The van der Waals surface area contributed by atoms with E-state index in [4.69, 9.17) is 4.79 Å². The van der Waals surface area contributed by atoms with Gasteiger partial charge in [-0.2, -0.15) is 0 Å². The van der Waals surface area contributed by atoms with E-state index in [0.717, 1.165) is 0 Å². The van der Waals surface area contributed by atoms with Crippen LogP contribution in [0.5, 0.6) is 0 Å². The molecule has 42 valence electrons. The highest BCUT2D eigenvalue weighted by Crippen LogP contribution is 1.71. The largest absolute Gasteiger partial charge is 0.307 e. The van der Waals surface area contributed by atoms with Crippen LogP contribution in [-0.2, 0) is 9.59 Å². The molecule has 7 heavy (non-hydrogen) atoms. The Morgan fingerprint density at radius 2 is 1.71 bits per heavy atom. The Morgan fingerprint density at radius 1 is 1.57 bits per heavy atom. The lowest BCUT2D eigenvalue weighted by Crippen LogP contribution is -1.80. The zero-order valence-corrected chi connectivity index (χ0v) is 4.73. The van der Waals surface area contributed by atoms with Gasteiger partial charge in [0.1, 0.15) is 12.6 Å². The van der Waals surface area contributed by atoms with Crippen molar-refractivity contribution < 1.29 is 9.59 Å². The van der Waals surface area contributed by atoms with Gasteiger partial charge in [-0.25, -0.2) is 0 Å². The first-order chi connectivity index (χ1) is 3.27. The number of Topliss-reactive ketones (excluding diaryl/α,β-unsaturated/α-hetero) is 1. The standard InChI is InChI=1S/C4H8O.CH2O/c1-3-4(2)5;1-2/h3H2,1-2H3;1H2. The molecule has 0 aliphatic carbocycles. The number of carbonyl (C=O) groups excluding carboxylic acids is 2. The van der Waals surface area contributed by atoms with Crippen LogP contribution in [0.1, 0.15) is 20.3 Å². The summed E-state index contributed by atoms with van der Waals surface area (Å²) < 4.78 is 0. The van der Waals surface area contributed by atoms with Crippen molar-refractivity contribution in [1.29, 1.82) is 0 Å². The predicted molar refractivity (Wildman–Crippen MR) is 28.1 cm³/mol. The van der Waals surface area contributed by atoms with Crippen LogP contribution in [0.25, 0.3) is 0 Å². The van der Waals surface area contributed by atoms with Crippen molar-refractivity contribution in [3.05, 3.63) is 0 Å². The summed E-state index contributed by atoms with van der Waals surface area (Å²) in [5, 5.41) is 0. The maximum atomic E-state index is 9.81. The Kier molecular flexibility index (Phi) is 12.4. The second-order valence-electron chi connectivity index (χ2n) is 1.06. The van der Waals surface area contributed by atoms with Gasteiger partial charge in [0.2, 0.25) is 0 Å². The van der Waals surface area contributed by atoms with Gasteiger partial charge < -0.3 is 9.59 Å². The summed E-state index contributed by atoms with van der Waals surface area (Å²) >= 11 is 0. The summed E-state index contributed by atoms with van der Waals surface area (Å²) in [4.78, 5) is 17.8. The molecule has 0 bridgehead atoms. The van der Waals surface area contributed by atoms with E-state index in [1.807, 2.05) is 13.7 Å². The van der Waals surface area contributed by atoms with E-state index >= 15 is 0 Å². The van der Waals surface area contributed by atoms with Gasteiger partial charge in [0.15, 0.2) is 0 Å². The molecule has 0 N–H and O–H groups in total. The van der Waals surface area contributed by atoms with Crippen molar-refractivity contribution in [3.8, 4) is 0 Å². The van der Waals surface area contributed by atoms with E-state index in [-0.39, 0.29) is 5.78 Å². The van der Waals surface area contributed by atoms with Crippen LogP contribution in [-0.4, -0.2) is 12.6 Å². The molecule has 0 rings (SSSR count). The quantitative estimate of drug-likeness (QED) is 0.490. The minimum atomic E-state index is 0.255. The lowest BCUT2D eigenvalue weighted by atomic mass is 10.4. The van der Waals surface area contributed by atoms with Crippen LogP contribution >= 0.6 is 0 Å². The molecule has 0 aliphatic rings. The summed E-state index contributed by atoms with van der Waals surface area (Å²) in [6.07, 6.45) is 0.667. The SMILES string of the molecule is C=O.CCC(C)=O. The van der Waals surface area contributed by atoms with E-state index in [2.05, 4.69) is 0 Å². The first-order valence-corrected chi connectivity index (χ1v) is 2.05. The van der Waals surface area contributed by atoms with Gasteiger partial charge in [0, 0.05) is 6.42 Å². The van der Waals surface area contributed by atoms with Gasteiger partial charge >= 0.3 is 0 Å². The van der Waals surface area contributed by atoms with Crippen molar-refractivity contribution in [1.82, 2.24) is 0 Å². The number of hydrogen-bond donors (Lipinski definition) is 0. The average molecular weight is 102 g/mol. The van der Waals surface area contributed by atoms with Gasteiger partial charge in [0.05, 0.1) is 0 Å². The fourth-order valence-electron chi connectivity index (χ4n) is 0. The van der Waals surface area contributed by atoms with Gasteiger partial charge in [-0.1, -0.05) is 6.92 Å². The molecule has 0 saturated carbocycles. The van der Waals surface area contributed by atoms with Gasteiger partial charge in [-0.3, -0.25) is 0 Å². The molecule has 0 spiro atoms. The maximum absolute atomic E-state index is 9.81. The Balaban J connectivity index is 0. The Bertz CT molecular complexity index is 50.0. The van der Waals surface area contributed by atoms with Gasteiger partial charge in [-0.05, 0) is 6.92 Å². The highest BCUT2D eigenvalue weighted by atomic mass is 16.1. The van der Waals surface area contributed by atoms with Crippen LogP contribution in [0, 0.1) is 0 Å². The fourth-order valence-corrected chi connectivity index (χ4v) is 0. The molecule has 2 nitrogen and oxygen atoms in total. The monoisotopic (exact) mass is 102 g/mol. The molecule has 0 aromatic heterocycles. The molecule has 0 aromatic carbocycles. The van der Waals surface area contributed by atoms with E-state index in [1.54, 1.807) is 6.92 Å². The van der Waals surface area contributed by atoms with E-state index in [0.29, 0.717) is 6.42 Å². The first kappa shape index (κ1) is 9.60. The summed E-state index contributed by atoms with van der Waals surface area (Å²) in [5.74, 6) is 0.255. The second-order valence-corrected chi connectivity index (χ2v) is 1.06. The van der Waals surface area contributed by atoms with E-state index in [9.17, 15) is 4.79 Å². The normalized spacial score (nSPS) is 6.00. The van der Waals surface area contributed by atoms with Gasteiger partial charge in [-0.15, -0.1) is 0 Å². The Hall–Kier alpha value is -0.660. The minimum Gasteiger partial charge on any atom is -0.307 e. The lowest BCUT2D eigenvalue weighted by Gasteiger charge is -1.71. The summed E-state index contributed by atoms with van der Waals surface area (Å²) in [7, 11) is 0. The van der Waals surface area contributed by atoms with Gasteiger partial charge in [0.25, 0.3) is 0 Å².